The molecule has 18 heteroatoms. The molecule has 6 atom stereocenters. The Kier molecular flexibility index (Phi) is 8.34. The largest absolute Gasteiger partial charge is 0.480 e. The van der Waals surface area contributed by atoms with E-state index in [9.17, 15) is 34.5 Å². The molecule has 2 aromatic heterocycles. The van der Waals surface area contributed by atoms with Gasteiger partial charge in [0.15, 0.2) is 6.23 Å². The first-order valence-electron chi connectivity index (χ1n) is 9.89. The number of thiophene rings is 1. The normalized spacial score (nSPS) is 24.7. The van der Waals surface area contributed by atoms with E-state index in [4.69, 9.17) is 24.6 Å². The minimum atomic E-state index is -4.38. The van der Waals surface area contributed by atoms with Gasteiger partial charge in [0, 0.05) is 17.1 Å². The van der Waals surface area contributed by atoms with E-state index in [1.165, 1.54) is 31.3 Å². The number of ether oxygens (including phenoxy) is 1. The summed E-state index contributed by atoms with van der Waals surface area (Å²) in [6, 6.07) is 2.49. The molecule has 16 nitrogen and oxygen atoms in total. The summed E-state index contributed by atoms with van der Waals surface area (Å²) in [5.41, 5.74) is 4.59. The van der Waals surface area contributed by atoms with Crippen molar-refractivity contribution in [3.63, 3.8) is 0 Å². The molecule has 0 aromatic carbocycles. The average Bonchev–Trinajstić information content (AvgIpc) is 3.37. The molecule has 0 aliphatic carbocycles. The standard InChI is InChI=1S/C17H22N5O11PS/c1-8(16(25)26)20-34(30,31-6-9-2-3-12(35-9)22(28)29)32-7-10-13(23)14(24)15(33-10)21-5-4-11(18)19-17(21)27/h2-5,8,10,13-15,23-24H,6-7H2,1H3,(H,20,30)(H,25,26)(H2,18,19,27)/t8-,10+,13+,14-,15+,34?/m0/s1. The molecule has 1 aliphatic rings. The lowest BCUT2D eigenvalue weighted by atomic mass is 10.1. The Labute approximate surface area is 200 Å². The minimum absolute atomic E-state index is 0.0630. The summed E-state index contributed by atoms with van der Waals surface area (Å²) >= 11 is 0.761. The number of nitro groups is 1. The molecule has 0 radical (unpaired) electrons. The summed E-state index contributed by atoms with van der Waals surface area (Å²) in [4.78, 5) is 37.3. The number of hydrogen-bond acceptors (Lipinski definition) is 13. The van der Waals surface area contributed by atoms with Gasteiger partial charge in [0.1, 0.15) is 30.2 Å². The molecule has 2 aromatic rings. The molecule has 0 saturated carbocycles. The Balaban J connectivity index is 1.71. The van der Waals surface area contributed by atoms with Gasteiger partial charge in [-0.25, -0.2) is 14.4 Å². The Morgan fingerprint density at radius 2 is 2.11 bits per heavy atom. The zero-order valence-corrected chi connectivity index (χ0v) is 19.7. The summed E-state index contributed by atoms with van der Waals surface area (Å²) in [6.45, 7) is 0.118. The summed E-state index contributed by atoms with van der Waals surface area (Å²) in [5.74, 6) is -1.43. The van der Waals surface area contributed by atoms with Crippen LogP contribution in [0, 0.1) is 10.1 Å². The zero-order chi connectivity index (χ0) is 25.9. The third kappa shape index (κ3) is 6.47. The highest BCUT2D eigenvalue weighted by Gasteiger charge is 2.45. The van der Waals surface area contributed by atoms with Gasteiger partial charge in [-0.2, -0.15) is 4.98 Å². The monoisotopic (exact) mass is 535 g/mol. The van der Waals surface area contributed by atoms with Gasteiger partial charge < -0.3 is 25.8 Å². The van der Waals surface area contributed by atoms with Crippen LogP contribution in [0.3, 0.4) is 0 Å². The first-order valence-corrected chi connectivity index (χ1v) is 12.2. The van der Waals surface area contributed by atoms with E-state index in [1.54, 1.807) is 0 Å². The van der Waals surface area contributed by atoms with Gasteiger partial charge in [-0.1, -0.05) is 11.3 Å². The van der Waals surface area contributed by atoms with E-state index in [0.29, 0.717) is 4.88 Å². The molecule has 3 rings (SSSR count). The fraction of sp³-hybridized carbons (Fsp3) is 0.471. The summed E-state index contributed by atoms with van der Waals surface area (Å²) in [6.07, 6.45) is -4.64. The van der Waals surface area contributed by atoms with Gasteiger partial charge in [0.05, 0.1) is 18.1 Å². The highest BCUT2D eigenvalue weighted by molar-refractivity contribution is 7.51. The van der Waals surface area contributed by atoms with Crippen molar-refractivity contribution in [2.24, 2.45) is 0 Å². The van der Waals surface area contributed by atoms with E-state index in [1.807, 2.05) is 0 Å². The summed E-state index contributed by atoms with van der Waals surface area (Å²) < 4.78 is 30.1. The third-order valence-electron chi connectivity index (χ3n) is 4.80. The minimum Gasteiger partial charge on any atom is -0.480 e. The van der Waals surface area contributed by atoms with Crippen molar-refractivity contribution >= 4 is 35.9 Å². The van der Waals surface area contributed by atoms with Crippen molar-refractivity contribution < 1.29 is 43.4 Å². The number of aliphatic hydroxyl groups excluding tert-OH is 2. The Hall–Kier alpha value is -2.76. The van der Waals surface area contributed by atoms with Crippen molar-refractivity contribution in [1.82, 2.24) is 14.6 Å². The second-order valence-corrected chi connectivity index (χ2v) is 10.3. The van der Waals surface area contributed by atoms with Crippen LogP contribution in [0.2, 0.25) is 0 Å². The zero-order valence-electron chi connectivity index (χ0n) is 18.0. The number of carbonyl (C=O) groups is 1. The fourth-order valence-electron chi connectivity index (χ4n) is 2.98. The van der Waals surface area contributed by atoms with Gasteiger partial charge in [-0.05, 0) is 19.1 Å². The van der Waals surface area contributed by atoms with E-state index >= 15 is 0 Å². The number of aromatic nitrogens is 2. The molecule has 1 aliphatic heterocycles. The van der Waals surface area contributed by atoms with Crippen molar-refractivity contribution in [3.05, 3.63) is 49.9 Å². The fourth-order valence-corrected chi connectivity index (χ4v) is 5.26. The van der Waals surface area contributed by atoms with E-state index < -0.39 is 68.1 Å². The number of rotatable bonds is 11. The molecular weight excluding hydrogens is 513 g/mol. The number of nitrogens with two attached hydrogens (primary N) is 1. The van der Waals surface area contributed by atoms with Crippen LogP contribution in [0.25, 0.3) is 0 Å². The number of aliphatic hydroxyl groups is 2. The predicted octanol–water partition coefficient (Wildman–Crippen LogP) is -0.181. The number of carboxylic acids is 1. The highest BCUT2D eigenvalue weighted by atomic mass is 32.1. The molecule has 1 saturated heterocycles. The molecule has 3 heterocycles. The van der Waals surface area contributed by atoms with Crippen LogP contribution in [0.1, 0.15) is 18.0 Å². The molecule has 1 unspecified atom stereocenters. The maximum Gasteiger partial charge on any atom is 0.406 e. The second kappa shape index (κ2) is 10.9. The lowest BCUT2D eigenvalue weighted by Crippen LogP contribution is -2.37. The molecule has 0 amide bonds. The van der Waals surface area contributed by atoms with Crippen molar-refractivity contribution in [1.29, 1.82) is 0 Å². The molecule has 1 fully saturated rings. The topological polar surface area (TPSA) is 239 Å². The molecule has 35 heavy (non-hydrogen) atoms. The summed E-state index contributed by atoms with van der Waals surface area (Å²) in [7, 11) is -4.38. The molecular formula is C17H22N5O11PS. The molecule has 0 spiro atoms. The Bertz CT molecular complexity index is 1190. The smallest absolute Gasteiger partial charge is 0.406 e. The van der Waals surface area contributed by atoms with Gasteiger partial charge in [0.25, 0.3) is 0 Å². The lowest BCUT2D eigenvalue weighted by molar-refractivity contribution is -0.380. The van der Waals surface area contributed by atoms with Crippen LogP contribution in [0.15, 0.2) is 29.2 Å². The van der Waals surface area contributed by atoms with Crippen molar-refractivity contribution in [2.45, 2.75) is 44.1 Å². The second-order valence-electron chi connectivity index (χ2n) is 7.34. The van der Waals surface area contributed by atoms with Gasteiger partial charge in [0.2, 0.25) is 0 Å². The van der Waals surface area contributed by atoms with Crippen molar-refractivity contribution in [2.75, 3.05) is 12.3 Å². The summed E-state index contributed by atoms with van der Waals surface area (Å²) in [5, 5.41) is 42.7. The SMILES string of the molecule is C[C@H](NP(=O)(OCc1ccc([N+](=O)[O-])s1)OC[C@H]1O[C@@H](n2ccc(N)nc2=O)[C@@H](O)[C@@H]1O)C(=O)O. The van der Waals surface area contributed by atoms with Crippen LogP contribution in [-0.4, -0.2) is 66.7 Å². The molecule has 192 valence electrons. The van der Waals surface area contributed by atoms with Crippen molar-refractivity contribution in [3.8, 4) is 0 Å². The number of hydrogen-bond donors (Lipinski definition) is 5. The maximum absolute atomic E-state index is 13.2. The molecule has 6 N–H and O–H groups in total. The van der Waals surface area contributed by atoms with Gasteiger partial charge in [-0.3, -0.25) is 28.5 Å². The number of anilines is 1. The highest BCUT2D eigenvalue weighted by Crippen LogP contribution is 2.47. The lowest BCUT2D eigenvalue weighted by Gasteiger charge is -2.23. The maximum atomic E-state index is 13.2. The first kappa shape index (κ1) is 26.8. The van der Waals surface area contributed by atoms with Gasteiger partial charge >= 0.3 is 24.4 Å². The van der Waals surface area contributed by atoms with Gasteiger partial charge in [-0.15, -0.1) is 0 Å². The Morgan fingerprint density at radius 1 is 1.40 bits per heavy atom. The number of carboxylic acid groups (broad SMARTS) is 1. The quantitative estimate of drug-likeness (QED) is 0.142. The number of nitrogens with zero attached hydrogens (tertiary/aromatic N) is 3. The predicted molar refractivity (Wildman–Crippen MR) is 118 cm³/mol. The number of nitrogens with one attached hydrogen (secondary N) is 1. The third-order valence-corrected chi connectivity index (χ3v) is 7.47. The van der Waals surface area contributed by atoms with Crippen LogP contribution >= 0.6 is 19.1 Å². The van der Waals surface area contributed by atoms with Crippen LogP contribution in [0.4, 0.5) is 10.8 Å². The van der Waals surface area contributed by atoms with Crippen LogP contribution in [-0.2, 0) is 29.8 Å². The van der Waals surface area contributed by atoms with Crippen LogP contribution in [0.5, 0.6) is 0 Å². The van der Waals surface area contributed by atoms with E-state index in [0.717, 1.165) is 15.9 Å². The van der Waals surface area contributed by atoms with E-state index in [2.05, 4.69) is 10.1 Å². The average molecular weight is 535 g/mol. The number of nitrogen functional groups attached to an aromatic ring is 1. The first-order chi connectivity index (χ1) is 16.4. The Morgan fingerprint density at radius 3 is 2.71 bits per heavy atom. The molecule has 0 bridgehead atoms. The van der Waals surface area contributed by atoms with E-state index in [-0.39, 0.29) is 10.8 Å². The number of aliphatic carboxylic acids is 1. The van der Waals surface area contributed by atoms with Crippen LogP contribution < -0.4 is 16.5 Å².